The van der Waals surface area contributed by atoms with Crippen LogP contribution in [-0.4, -0.2) is 35.0 Å². The molecule has 3 aromatic rings. The Morgan fingerprint density at radius 2 is 1.73 bits per heavy atom. The van der Waals surface area contributed by atoms with Crippen molar-refractivity contribution < 1.29 is 24.2 Å². The number of amides is 2. The Labute approximate surface area is 173 Å². The quantitative estimate of drug-likeness (QED) is 0.518. The number of aliphatic carboxylic acids is 1. The number of hydrogen-bond donors (Lipinski definition) is 3. The van der Waals surface area contributed by atoms with Gasteiger partial charge in [0.15, 0.2) is 0 Å². The number of aromatic nitrogens is 1. The molecular weight excluding hydrogens is 386 g/mol. The van der Waals surface area contributed by atoms with Crippen molar-refractivity contribution in [1.29, 1.82) is 0 Å². The minimum Gasteiger partial charge on any atom is -0.548 e. The summed E-state index contributed by atoms with van der Waals surface area (Å²) >= 11 is 0. The van der Waals surface area contributed by atoms with Crippen LogP contribution in [0.2, 0.25) is 0 Å². The van der Waals surface area contributed by atoms with Crippen molar-refractivity contribution in [2.45, 2.75) is 32.0 Å². The first-order valence-electron chi connectivity index (χ1n) is 9.47. The number of benzene rings is 2. The fourth-order valence-corrected chi connectivity index (χ4v) is 3.02. The van der Waals surface area contributed by atoms with Crippen molar-refractivity contribution in [2.75, 3.05) is 0 Å². The lowest BCUT2D eigenvalue weighted by Crippen LogP contribution is -2.54. The molecule has 0 radical (unpaired) electrons. The number of ether oxygens (including phenoxy) is 1. The first-order chi connectivity index (χ1) is 14.4. The van der Waals surface area contributed by atoms with Crippen molar-refractivity contribution in [3.05, 3.63) is 71.9 Å². The fourth-order valence-electron chi connectivity index (χ4n) is 3.02. The van der Waals surface area contributed by atoms with Gasteiger partial charge in [-0.3, -0.25) is 4.79 Å². The van der Waals surface area contributed by atoms with E-state index in [0.717, 1.165) is 22.0 Å². The van der Waals surface area contributed by atoms with E-state index in [1.807, 2.05) is 42.5 Å². The van der Waals surface area contributed by atoms with Crippen molar-refractivity contribution in [2.24, 2.45) is 0 Å². The van der Waals surface area contributed by atoms with E-state index in [0.29, 0.717) is 0 Å². The predicted octanol–water partition coefficient (Wildman–Crippen LogP) is 1.26. The Bertz CT molecular complexity index is 1030. The Kier molecular flexibility index (Phi) is 6.69. The zero-order valence-corrected chi connectivity index (χ0v) is 16.4. The van der Waals surface area contributed by atoms with Gasteiger partial charge in [-0.2, -0.15) is 0 Å². The van der Waals surface area contributed by atoms with Gasteiger partial charge in [-0.15, -0.1) is 0 Å². The standard InChI is InChI=1S/C22H23N3O5/c1-14(24-22(29)30-13-15-7-3-2-4-8-15)20(26)25-19(21(27)28)11-16-12-23-18-10-6-5-9-17(16)18/h2-10,12,14,19,23H,11,13H2,1H3,(H,24,29)(H,25,26)(H,27,28)/p-1/t14-,19-/m1/s1. The molecule has 0 bridgehead atoms. The minimum atomic E-state index is -1.41. The smallest absolute Gasteiger partial charge is 0.408 e. The number of aromatic amines is 1. The van der Waals surface area contributed by atoms with E-state index in [1.54, 1.807) is 18.3 Å². The Hall–Kier alpha value is -3.81. The molecule has 0 aliphatic carbocycles. The highest BCUT2D eigenvalue weighted by atomic mass is 16.5. The maximum Gasteiger partial charge on any atom is 0.408 e. The zero-order chi connectivity index (χ0) is 21.5. The molecule has 0 unspecified atom stereocenters. The predicted molar refractivity (Wildman–Crippen MR) is 108 cm³/mol. The van der Waals surface area contributed by atoms with Crippen LogP contribution in [-0.2, 0) is 27.4 Å². The highest BCUT2D eigenvalue weighted by molar-refractivity contribution is 5.89. The SMILES string of the molecule is C[C@@H](NC(=O)OCc1ccccc1)C(=O)N[C@H](Cc1c[nH]c2ccccc12)C(=O)[O-]. The molecule has 2 aromatic carbocycles. The molecule has 3 N–H and O–H groups in total. The van der Waals surface area contributed by atoms with E-state index < -0.39 is 30.1 Å². The highest BCUT2D eigenvalue weighted by Crippen LogP contribution is 2.19. The molecule has 8 heteroatoms. The van der Waals surface area contributed by atoms with Crippen LogP contribution in [0.25, 0.3) is 10.9 Å². The molecule has 8 nitrogen and oxygen atoms in total. The average Bonchev–Trinajstić information content (AvgIpc) is 3.15. The summed E-state index contributed by atoms with van der Waals surface area (Å²) in [7, 11) is 0. The van der Waals surface area contributed by atoms with Crippen molar-refractivity contribution in [3.63, 3.8) is 0 Å². The van der Waals surface area contributed by atoms with Gasteiger partial charge in [-0.05, 0) is 24.1 Å². The Morgan fingerprint density at radius 3 is 2.47 bits per heavy atom. The molecule has 0 aliphatic rings. The van der Waals surface area contributed by atoms with Crippen LogP contribution in [0.5, 0.6) is 0 Å². The van der Waals surface area contributed by atoms with Gasteiger partial charge in [0, 0.05) is 23.5 Å². The number of carboxylic acid groups (broad SMARTS) is 1. The lowest BCUT2D eigenvalue weighted by molar-refractivity contribution is -0.308. The van der Waals surface area contributed by atoms with Crippen molar-refractivity contribution >= 4 is 28.9 Å². The lowest BCUT2D eigenvalue weighted by atomic mass is 10.0. The molecule has 30 heavy (non-hydrogen) atoms. The van der Waals surface area contributed by atoms with Crippen LogP contribution < -0.4 is 15.7 Å². The number of nitrogens with one attached hydrogen (secondary N) is 3. The second kappa shape index (κ2) is 9.60. The molecule has 2 amide bonds. The number of alkyl carbamates (subject to hydrolysis) is 1. The first-order valence-corrected chi connectivity index (χ1v) is 9.47. The Balaban J connectivity index is 1.55. The van der Waals surface area contributed by atoms with Gasteiger partial charge < -0.3 is 30.3 Å². The summed E-state index contributed by atoms with van der Waals surface area (Å²) in [5, 5.41) is 17.2. The second-order valence-corrected chi connectivity index (χ2v) is 6.87. The minimum absolute atomic E-state index is 0.0449. The fraction of sp³-hybridized carbons (Fsp3) is 0.227. The largest absolute Gasteiger partial charge is 0.548 e. The number of rotatable bonds is 8. The second-order valence-electron chi connectivity index (χ2n) is 6.87. The molecule has 156 valence electrons. The van der Waals surface area contributed by atoms with Crippen LogP contribution in [0.4, 0.5) is 4.79 Å². The van der Waals surface area contributed by atoms with E-state index in [4.69, 9.17) is 4.74 Å². The van der Waals surface area contributed by atoms with Gasteiger partial charge in [-0.1, -0.05) is 48.5 Å². The molecule has 2 atom stereocenters. The zero-order valence-electron chi connectivity index (χ0n) is 16.4. The maximum absolute atomic E-state index is 12.4. The third-order valence-electron chi connectivity index (χ3n) is 4.64. The lowest BCUT2D eigenvalue weighted by Gasteiger charge is -2.22. The van der Waals surface area contributed by atoms with E-state index in [9.17, 15) is 19.5 Å². The van der Waals surface area contributed by atoms with E-state index >= 15 is 0 Å². The summed E-state index contributed by atoms with van der Waals surface area (Å²) in [5.74, 6) is -2.06. The molecule has 1 aromatic heterocycles. The van der Waals surface area contributed by atoms with E-state index in [-0.39, 0.29) is 13.0 Å². The molecule has 0 saturated carbocycles. The van der Waals surface area contributed by atoms with Gasteiger partial charge in [-0.25, -0.2) is 4.79 Å². The third-order valence-corrected chi connectivity index (χ3v) is 4.64. The monoisotopic (exact) mass is 408 g/mol. The molecule has 0 fully saturated rings. The molecular formula is C22H22N3O5-. The van der Waals surface area contributed by atoms with Crippen LogP contribution in [0, 0.1) is 0 Å². The number of para-hydroxylation sites is 1. The van der Waals surface area contributed by atoms with Gasteiger partial charge in [0.1, 0.15) is 12.6 Å². The molecule has 0 saturated heterocycles. The Morgan fingerprint density at radius 1 is 1.03 bits per heavy atom. The van der Waals surface area contributed by atoms with Gasteiger partial charge in [0.2, 0.25) is 5.91 Å². The van der Waals surface area contributed by atoms with Crippen LogP contribution in [0.1, 0.15) is 18.1 Å². The summed E-state index contributed by atoms with van der Waals surface area (Å²) in [4.78, 5) is 38.9. The van der Waals surface area contributed by atoms with Gasteiger partial charge >= 0.3 is 6.09 Å². The molecule has 0 aliphatic heterocycles. The summed E-state index contributed by atoms with van der Waals surface area (Å²) in [5.41, 5.74) is 2.41. The number of carbonyl (C=O) groups excluding carboxylic acids is 3. The molecule has 0 spiro atoms. The number of fused-ring (bicyclic) bond motifs is 1. The van der Waals surface area contributed by atoms with E-state index in [1.165, 1.54) is 6.92 Å². The van der Waals surface area contributed by atoms with Crippen LogP contribution in [0.15, 0.2) is 60.8 Å². The number of hydrogen-bond acceptors (Lipinski definition) is 5. The summed E-state index contributed by atoms with van der Waals surface area (Å²) in [6, 6.07) is 14.3. The van der Waals surface area contributed by atoms with Gasteiger partial charge in [0.05, 0.1) is 12.0 Å². The number of carbonyl (C=O) groups is 3. The molecule has 1 heterocycles. The van der Waals surface area contributed by atoms with Crippen LogP contribution >= 0.6 is 0 Å². The summed E-state index contributed by atoms with van der Waals surface area (Å²) in [6.45, 7) is 1.50. The normalized spacial score (nSPS) is 12.7. The number of carboxylic acids is 1. The maximum atomic E-state index is 12.4. The van der Waals surface area contributed by atoms with Crippen LogP contribution in [0.3, 0.4) is 0 Å². The summed E-state index contributed by atoms with van der Waals surface area (Å²) < 4.78 is 5.07. The van der Waals surface area contributed by atoms with Crippen molar-refractivity contribution in [1.82, 2.24) is 15.6 Å². The topological polar surface area (TPSA) is 123 Å². The highest BCUT2D eigenvalue weighted by Gasteiger charge is 2.21. The third kappa shape index (κ3) is 5.38. The average molecular weight is 408 g/mol. The van der Waals surface area contributed by atoms with E-state index in [2.05, 4.69) is 15.6 Å². The van der Waals surface area contributed by atoms with Gasteiger partial charge in [0.25, 0.3) is 0 Å². The number of H-pyrrole nitrogens is 1. The molecule has 3 rings (SSSR count). The summed E-state index contributed by atoms with van der Waals surface area (Å²) in [6.07, 6.45) is 0.974. The first kappa shape index (κ1) is 20.9. The van der Waals surface area contributed by atoms with Crippen molar-refractivity contribution in [3.8, 4) is 0 Å².